The minimum Gasteiger partial charge on any atom is -0.435 e. The van der Waals surface area contributed by atoms with Crippen molar-refractivity contribution in [3.8, 4) is 5.75 Å². The highest BCUT2D eigenvalue weighted by atomic mass is 32.2. The fourth-order valence-electron chi connectivity index (χ4n) is 4.46. The van der Waals surface area contributed by atoms with Crippen LogP contribution in [0.1, 0.15) is 22.9 Å². The van der Waals surface area contributed by atoms with Crippen LogP contribution in [0.5, 0.6) is 5.75 Å². The highest BCUT2D eigenvalue weighted by molar-refractivity contribution is 7.89. The van der Waals surface area contributed by atoms with Gasteiger partial charge in [-0.25, -0.2) is 0 Å². The number of aromatic nitrogens is 2. The molecule has 36 heavy (non-hydrogen) atoms. The molecule has 1 unspecified atom stereocenters. The summed E-state index contributed by atoms with van der Waals surface area (Å²) in [5.74, 6) is -0.223. The van der Waals surface area contributed by atoms with Crippen molar-refractivity contribution >= 4 is 15.9 Å². The summed E-state index contributed by atoms with van der Waals surface area (Å²) in [5.41, 5.74) is 2.03. The van der Waals surface area contributed by atoms with Crippen LogP contribution in [-0.4, -0.2) is 66.2 Å². The summed E-state index contributed by atoms with van der Waals surface area (Å²) in [6, 6.07) is 13.8. The number of hydrogen-bond acceptors (Lipinski definition) is 7. The van der Waals surface area contributed by atoms with Crippen molar-refractivity contribution in [1.29, 1.82) is 0 Å². The molecule has 5 rings (SSSR count). The van der Waals surface area contributed by atoms with Crippen LogP contribution in [0.2, 0.25) is 0 Å². The number of ether oxygens (including phenoxy) is 2. The summed E-state index contributed by atoms with van der Waals surface area (Å²) in [4.78, 5) is 17.3. The summed E-state index contributed by atoms with van der Waals surface area (Å²) < 4.78 is 61.3. The molecule has 0 N–H and O–H groups in total. The zero-order valence-corrected chi connectivity index (χ0v) is 20.0. The molecule has 1 atom stereocenters. The van der Waals surface area contributed by atoms with Gasteiger partial charge in [-0.3, -0.25) is 9.69 Å². The van der Waals surface area contributed by atoms with Crippen molar-refractivity contribution in [2.45, 2.75) is 30.6 Å². The second kappa shape index (κ2) is 9.96. The molecule has 9 nitrogen and oxygen atoms in total. The number of halogens is 2. The summed E-state index contributed by atoms with van der Waals surface area (Å²) in [6.07, 6.45) is 1.40. The van der Waals surface area contributed by atoms with Crippen molar-refractivity contribution in [2.24, 2.45) is 0 Å². The first-order chi connectivity index (χ1) is 17.3. The number of amides is 1. The summed E-state index contributed by atoms with van der Waals surface area (Å²) in [7, 11) is -4.04. The molecule has 3 aromatic rings. The standard InChI is InChI=1S/C24H24F2N4O5S/c25-24(26)35-19-6-8-20(9-7-19)36(32,33)30-15-18-14-29(16-21(18)27-30)23(31)22(17-4-2-1-3-5-17)28-10-12-34-13-11-28/h1-9,15,22,24H,10-14,16H2. The molecule has 2 aliphatic heterocycles. The maximum Gasteiger partial charge on any atom is 0.387 e. The number of nitrogens with zero attached hydrogens (tertiary/aromatic N) is 4. The fraction of sp³-hybridized carbons (Fsp3) is 0.333. The maximum absolute atomic E-state index is 13.6. The second-order valence-corrected chi connectivity index (χ2v) is 10.3. The molecule has 12 heteroatoms. The Morgan fingerprint density at radius 1 is 1.00 bits per heavy atom. The topological polar surface area (TPSA) is 94.0 Å². The number of hydrogen-bond donors (Lipinski definition) is 0. The van der Waals surface area contributed by atoms with Crippen LogP contribution in [0, 0.1) is 0 Å². The average Bonchev–Trinajstić information content (AvgIpc) is 3.46. The van der Waals surface area contributed by atoms with E-state index in [9.17, 15) is 22.0 Å². The van der Waals surface area contributed by atoms with Crippen LogP contribution in [0.25, 0.3) is 0 Å². The van der Waals surface area contributed by atoms with Crippen LogP contribution in [0.15, 0.2) is 65.7 Å². The average molecular weight is 519 g/mol. The molecule has 0 saturated carbocycles. The lowest BCUT2D eigenvalue weighted by Gasteiger charge is -2.35. The molecule has 2 aliphatic rings. The summed E-state index contributed by atoms with van der Waals surface area (Å²) in [6.45, 7) is -0.208. The Kier molecular flexibility index (Phi) is 6.73. The normalized spacial score (nSPS) is 17.2. The van der Waals surface area contributed by atoms with Gasteiger partial charge in [0.2, 0.25) is 5.91 Å². The van der Waals surface area contributed by atoms with E-state index in [0.717, 1.165) is 21.8 Å². The van der Waals surface area contributed by atoms with Crippen LogP contribution in [-0.2, 0) is 32.6 Å². The van der Waals surface area contributed by atoms with Crippen LogP contribution >= 0.6 is 0 Å². The molecule has 1 amide bonds. The predicted molar refractivity (Wildman–Crippen MR) is 124 cm³/mol. The number of fused-ring (bicyclic) bond motifs is 1. The van der Waals surface area contributed by atoms with Gasteiger partial charge in [0.25, 0.3) is 10.0 Å². The Morgan fingerprint density at radius 3 is 2.33 bits per heavy atom. The highest BCUT2D eigenvalue weighted by Crippen LogP contribution is 2.30. The van der Waals surface area contributed by atoms with E-state index in [0.29, 0.717) is 37.6 Å². The SMILES string of the molecule is O=C(C(c1ccccc1)N1CCOCC1)N1Cc2cn(S(=O)(=O)c3ccc(OC(F)F)cc3)nc2C1. The molecule has 2 aromatic carbocycles. The number of rotatable bonds is 7. The minimum atomic E-state index is -4.04. The third-order valence-corrected chi connectivity index (χ3v) is 7.77. The van der Waals surface area contributed by atoms with Gasteiger partial charge in [0.15, 0.2) is 0 Å². The van der Waals surface area contributed by atoms with E-state index < -0.39 is 22.7 Å². The highest BCUT2D eigenvalue weighted by Gasteiger charge is 2.36. The van der Waals surface area contributed by atoms with E-state index in [1.54, 1.807) is 4.90 Å². The molecule has 0 radical (unpaired) electrons. The van der Waals surface area contributed by atoms with Gasteiger partial charge in [0.05, 0.1) is 30.3 Å². The largest absolute Gasteiger partial charge is 0.435 e. The van der Waals surface area contributed by atoms with Gasteiger partial charge < -0.3 is 14.4 Å². The number of morpholine rings is 1. The van der Waals surface area contributed by atoms with E-state index >= 15 is 0 Å². The van der Waals surface area contributed by atoms with Crippen molar-refractivity contribution in [2.75, 3.05) is 26.3 Å². The van der Waals surface area contributed by atoms with Crippen LogP contribution in [0.3, 0.4) is 0 Å². The number of benzene rings is 2. The van der Waals surface area contributed by atoms with Crippen molar-refractivity contribution in [3.63, 3.8) is 0 Å². The molecule has 0 spiro atoms. The second-order valence-electron chi connectivity index (χ2n) is 8.48. The van der Waals surface area contributed by atoms with Gasteiger partial charge in [0.1, 0.15) is 11.8 Å². The zero-order chi connectivity index (χ0) is 25.3. The van der Waals surface area contributed by atoms with E-state index in [2.05, 4.69) is 14.7 Å². The molecule has 0 bridgehead atoms. The summed E-state index contributed by atoms with van der Waals surface area (Å²) in [5, 5.41) is 4.24. The first-order valence-corrected chi connectivity index (χ1v) is 12.8. The van der Waals surface area contributed by atoms with Gasteiger partial charge in [-0.1, -0.05) is 30.3 Å². The molecule has 3 heterocycles. The quantitative estimate of drug-likeness (QED) is 0.475. The smallest absolute Gasteiger partial charge is 0.387 e. The Balaban J connectivity index is 1.33. The zero-order valence-electron chi connectivity index (χ0n) is 19.2. The minimum absolute atomic E-state index is 0.0786. The van der Waals surface area contributed by atoms with Crippen LogP contribution < -0.4 is 4.74 Å². The summed E-state index contributed by atoms with van der Waals surface area (Å²) >= 11 is 0. The molecule has 1 saturated heterocycles. The first kappa shape index (κ1) is 24.3. The molecular weight excluding hydrogens is 494 g/mol. The maximum atomic E-state index is 13.6. The first-order valence-electron chi connectivity index (χ1n) is 11.4. The molecule has 1 aromatic heterocycles. The van der Waals surface area contributed by atoms with E-state index in [-0.39, 0.29) is 29.6 Å². The van der Waals surface area contributed by atoms with E-state index in [4.69, 9.17) is 4.74 Å². The molecule has 1 fully saturated rings. The molecule has 0 aliphatic carbocycles. The van der Waals surface area contributed by atoms with Gasteiger partial charge in [-0.15, -0.1) is 0 Å². The number of carbonyl (C=O) groups excluding carboxylic acids is 1. The third kappa shape index (κ3) is 4.84. The van der Waals surface area contributed by atoms with Gasteiger partial charge in [0, 0.05) is 31.4 Å². The third-order valence-electron chi connectivity index (χ3n) is 6.22. The van der Waals surface area contributed by atoms with E-state index in [1.165, 1.54) is 18.3 Å². The predicted octanol–water partition coefficient (Wildman–Crippen LogP) is 2.64. The van der Waals surface area contributed by atoms with Gasteiger partial charge >= 0.3 is 6.61 Å². The lowest BCUT2D eigenvalue weighted by Crippen LogP contribution is -2.46. The lowest BCUT2D eigenvalue weighted by atomic mass is 10.0. The van der Waals surface area contributed by atoms with Crippen molar-refractivity contribution in [3.05, 3.63) is 77.6 Å². The Bertz CT molecular complexity index is 1300. The van der Waals surface area contributed by atoms with Gasteiger partial charge in [-0.05, 0) is 29.8 Å². The monoisotopic (exact) mass is 518 g/mol. The fourth-order valence-corrected chi connectivity index (χ4v) is 5.63. The molecule has 190 valence electrons. The van der Waals surface area contributed by atoms with Crippen molar-refractivity contribution in [1.82, 2.24) is 19.0 Å². The van der Waals surface area contributed by atoms with Crippen molar-refractivity contribution < 1.29 is 31.5 Å². The Morgan fingerprint density at radius 2 is 1.69 bits per heavy atom. The Labute approximate surface area is 206 Å². The number of carbonyl (C=O) groups is 1. The van der Waals surface area contributed by atoms with Crippen LogP contribution in [0.4, 0.5) is 8.78 Å². The lowest BCUT2D eigenvalue weighted by molar-refractivity contribution is -0.139. The number of alkyl halides is 2. The van der Waals surface area contributed by atoms with Gasteiger partial charge in [-0.2, -0.15) is 26.4 Å². The Hall–Kier alpha value is -3.35. The molecular formula is C24H24F2N4O5S. The van der Waals surface area contributed by atoms with E-state index in [1.807, 2.05) is 30.3 Å².